The maximum Gasteiger partial charge on any atom is 0.249 e. The number of nitrogens with one attached hydrogen (secondary N) is 2. The van der Waals surface area contributed by atoms with Gasteiger partial charge in [-0.2, -0.15) is 5.10 Å². The Morgan fingerprint density at radius 2 is 1.64 bits per heavy atom. The van der Waals surface area contributed by atoms with Gasteiger partial charge in [-0.25, -0.2) is 5.43 Å². The number of carbonyl (C=O) groups excluding carboxylic acids is 2. The second-order valence-corrected chi connectivity index (χ2v) is 5.87. The van der Waals surface area contributed by atoms with Gasteiger partial charge in [0.15, 0.2) is 0 Å². The molecule has 0 aliphatic rings. The molecule has 2 amide bonds. The van der Waals surface area contributed by atoms with Crippen molar-refractivity contribution < 1.29 is 9.59 Å². The Labute approximate surface area is 147 Å². The van der Waals surface area contributed by atoms with E-state index in [2.05, 4.69) is 15.8 Å². The summed E-state index contributed by atoms with van der Waals surface area (Å²) < 4.78 is 0. The maximum atomic E-state index is 11.8. The molecule has 0 atom stereocenters. The van der Waals surface area contributed by atoms with E-state index >= 15 is 0 Å². The number of carbonyl (C=O) groups is 2. The third kappa shape index (κ3) is 6.10. The lowest BCUT2D eigenvalue weighted by atomic mass is 10.2. The minimum Gasteiger partial charge on any atom is -0.378 e. The van der Waals surface area contributed by atoms with Crippen molar-refractivity contribution in [2.24, 2.45) is 5.10 Å². The summed E-state index contributed by atoms with van der Waals surface area (Å²) >= 11 is 0. The molecule has 130 valence electrons. The van der Waals surface area contributed by atoms with Gasteiger partial charge in [-0.1, -0.05) is 29.8 Å². The van der Waals surface area contributed by atoms with E-state index in [0.717, 1.165) is 16.8 Å². The van der Waals surface area contributed by atoms with Crippen molar-refractivity contribution in [3.8, 4) is 0 Å². The number of hydrazone groups is 1. The molecule has 0 spiro atoms. The van der Waals surface area contributed by atoms with Gasteiger partial charge in [-0.05, 0) is 36.8 Å². The SMILES string of the molecule is Cc1ccc(NC(=O)CC(=O)NN=Cc2ccc(N(C)C)cc2)cc1. The zero-order valence-corrected chi connectivity index (χ0v) is 14.6. The van der Waals surface area contributed by atoms with Crippen LogP contribution >= 0.6 is 0 Å². The molecule has 2 N–H and O–H groups in total. The molecular weight excluding hydrogens is 316 g/mol. The van der Waals surface area contributed by atoms with Gasteiger partial charge in [0.2, 0.25) is 11.8 Å². The molecule has 0 saturated carbocycles. The smallest absolute Gasteiger partial charge is 0.249 e. The number of hydrogen-bond acceptors (Lipinski definition) is 4. The average Bonchev–Trinajstić information content (AvgIpc) is 2.57. The van der Waals surface area contributed by atoms with Crippen molar-refractivity contribution in [2.45, 2.75) is 13.3 Å². The molecule has 2 aromatic carbocycles. The number of hydrogen-bond donors (Lipinski definition) is 2. The third-order valence-electron chi connectivity index (χ3n) is 3.47. The number of benzene rings is 2. The molecule has 0 unspecified atom stereocenters. The summed E-state index contributed by atoms with van der Waals surface area (Å²) in [5, 5.41) is 6.54. The Balaban J connectivity index is 1.79. The van der Waals surface area contributed by atoms with Crippen molar-refractivity contribution >= 4 is 29.4 Å². The van der Waals surface area contributed by atoms with Crippen molar-refractivity contribution in [1.29, 1.82) is 0 Å². The van der Waals surface area contributed by atoms with Gasteiger partial charge < -0.3 is 10.2 Å². The van der Waals surface area contributed by atoms with Crippen molar-refractivity contribution in [3.05, 3.63) is 59.7 Å². The first kappa shape index (κ1) is 18.2. The topological polar surface area (TPSA) is 73.8 Å². The molecule has 6 heteroatoms. The molecule has 6 nitrogen and oxygen atoms in total. The fourth-order valence-corrected chi connectivity index (χ4v) is 2.06. The van der Waals surface area contributed by atoms with Crippen LogP contribution in [0, 0.1) is 6.92 Å². The normalized spacial score (nSPS) is 10.5. The van der Waals surface area contributed by atoms with Crippen molar-refractivity contribution in [2.75, 3.05) is 24.3 Å². The van der Waals surface area contributed by atoms with Crippen LogP contribution in [0.2, 0.25) is 0 Å². The van der Waals surface area contributed by atoms with Gasteiger partial charge >= 0.3 is 0 Å². The van der Waals surface area contributed by atoms with Crippen LogP contribution in [0.4, 0.5) is 11.4 Å². The zero-order valence-electron chi connectivity index (χ0n) is 14.6. The van der Waals surface area contributed by atoms with Crippen LogP contribution in [0.3, 0.4) is 0 Å². The van der Waals surface area contributed by atoms with E-state index in [4.69, 9.17) is 0 Å². The first-order chi connectivity index (χ1) is 11.9. The summed E-state index contributed by atoms with van der Waals surface area (Å²) in [7, 11) is 3.93. The summed E-state index contributed by atoms with van der Waals surface area (Å²) in [6.07, 6.45) is 1.25. The first-order valence-electron chi connectivity index (χ1n) is 7.90. The Bertz CT molecular complexity index is 750. The summed E-state index contributed by atoms with van der Waals surface area (Å²) in [4.78, 5) is 25.5. The number of rotatable bonds is 6. The zero-order chi connectivity index (χ0) is 18.2. The molecule has 0 aromatic heterocycles. The second kappa shape index (κ2) is 8.63. The van der Waals surface area contributed by atoms with Crippen LogP contribution in [0.1, 0.15) is 17.5 Å². The Kier molecular flexibility index (Phi) is 6.28. The first-order valence-corrected chi connectivity index (χ1v) is 7.90. The second-order valence-electron chi connectivity index (χ2n) is 5.87. The molecule has 25 heavy (non-hydrogen) atoms. The molecule has 0 aliphatic carbocycles. The van der Waals surface area contributed by atoms with Gasteiger partial charge in [0.1, 0.15) is 6.42 Å². The lowest BCUT2D eigenvalue weighted by Crippen LogP contribution is -2.24. The highest BCUT2D eigenvalue weighted by atomic mass is 16.2. The van der Waals surface area contributed by atoms with Gasteiger partial charge in [0.05, 0.1) is 6.21 Å². The monoisotopic (exact) mass is 338 g/mol. The standard InChI is InChI=1S/C19H22N4O2/c1-14-4-8-16(9-5-14)21-18(24)12-19(25)22-20-13-15-6-10-17(11-7-15)23(2)3/h4-11,13H,12H2,1-3H3,(H,21,24)(H,22,25). The van der Waals surface area contributed by atoms with Gasteiger partial charge in [0.25, 0.3) is 0 Å². The minimum absolute atomic E-state index is 0.287. The van der Waals surface area contributed by atoms with Crippen LogP contribution in [0.15, 0.2) is 53.6 Å². The Hall–Kier alpha value is -3.15. The van der Waals surface area contributed by atoms with E-state index < -0.39 is 5.91 Å². The van der Waals surface area contributed by atoms with Crippen molar-refractivity contribution in [3.63, 3.8) is 0 Å². The molecule has 0 bridgehead atoms. The van der Waals surface area contributed by atoms with E-state index in [0.29, 0.717) is 5.69 Å². The summed E-state index contributed by atoms with van der Waals surface area (Å²) in [6, 6.07) is 15.1. The van der Waals surface area contributed by atoms with Crippen molar-refractivity contribution in [1.82, 2.24) is 5.43 Å². The van der Waals surface area contributed by atoms with Crippen LogP contribution in [0.25, 0.3) is 0 Å². The number of anilines is 2. The molecule has 0 aliphatic heterocycles. The van der Waals surface area contributed by atoms with Gasteiger partial charge in [-0.15, -0.1) is 0 Å². The lowest BCUT2D eigenvalue weighted by molar-refractivity contribution is -0.126. The predicted octanol–water partition coefficient (Wildman–Crippen LogP) is 2.54. The number of amides is 2. The highest BCUT2D eigenvalue weighted by Gasteiger charge is 2.08. The van der Waals surface area contributed by atoms with Gasteiger partial charge in [-0.3, -0.25) is 9.59 Å². The molecule has 0 radical (unpaired) electrons. The van der Waals surface area contributed by atoms with Crippen LogP contribution < -0.4 is 15.6 Å². The average molecular weight is 338 g/mol. The fourth-order valence-electron chi connectivity index (χ4n) is 2.06. The van der Waals surface area contributed by atoms with E-state index in [9.17, 15) is 9.59 Å². The molecule has 0 heterocycles. The summed E-state index contributed by atoms with van der Waals surface area (Å²) in [5.74, 6) is -0.849. The van der Waals surface area contributed by atoms with Crippen LogP contribution in [-0.2, 0) is 9.59 Å². The summed E-state index contributed by atoms with van der Waals surface area (Å²) in [6.45, 7) is 1.96. The fraction of sp³-hybridized carbons (Fsp3) is 0.211. The largest absolute Gasteiger partial charge is 0.378 e. The molecule has 0 saturated heterocycles. The highest BCUT2D eigenvalue weighted by molar-refractivity contribution is 6.03. The highest BCUT2D eigenvalue weighted by Crippen LogP contribution is 2.11. The number of aryl methyl sites for hydroxylation is 1. The maximum absolute atomic E-state index is 11.8. The van der Waals surface area contributed by atoms with Crippen LogP contribution in [0.5, 0.6) is 0 Å². The van der Waals surface area contributed by atoms with Gasteiger partial charge in [0, 0.05) is 25.5 Å². The minimum atomic E-state index is -0.467. The van der Waals surface area contributed by atoms with E-state index in [1.807, 2.05) is 62.3 Å². The van der Waals surface area contributed by atoms with E-state index in [1.54, 1.807) is 12.1 Å². The predicted molar refractivity (Wildman–Crippen MR) is 101 cm³/mol. The third-order valence-corrected chi connectivity index (χ3v) is 3.47. The van der Waals surface area contributed by atoms with E-state index in [-0.39, 0.29) is 12.3 Å². The van der Waals surface area contributed by atoms with Crippen LogP contribution in [-0.4, -0.2) is 32.1 Å². The molecular formula is C19H22N4O2. The Morgan fingerprint density at radius 1 is 1.00 bits per heavy atom. The molecule has 0 fully saturated rings. The quantitative estimate of drug-likeness (QED) is 0.483. The molecule has 2 aromatic rings. The number of nitrogens with zero attached hydrogens (tertiary/aromatic N) is 2. The summed E-state index contributed by atoms with van der Waals surface area (Å²) in [5.41, 5.74) is 6.05. The Morgan fingerprint density at radius 3 is 2.24 bits per heavy atom. The van der Waals surface area contributed by atoms with E-state index in [1.165, 1.54) is 6.21 Å². The lowest BCUT2D eigenvalue weighted by Gasteiger charge is -2.11. The molecule has 2 rings (SSSR count).